The van der Waals surface area contributed by atoms with E-state index >= 15 is 0 Å². The number of aromatic nitrogens is 1. The third kappa shape index (κ3) is 4.66. The second-order valence-corrected chi connectivity index (χ2v) is 6.99. The van der Waals surface area contributed by atoms with Crippen LogP contribution in [0.1, 0.15) is 38.3 Å². The first-order valence-electron chi connectivity index (χ1n) is 7.10. The molecule has 112 valence electrons. The number of hydrogen-bond acceptors (Lipinski definition) is 6. The van der Waals surface area contributed by atoms with Gasteiger partial charge < -0.3 is 10.1 Å². The lowest BCUT2D eigenvalue weighted by Gasteiger charge is -2.28. The number of anilines is 1. The summed E-state index contributed by atoms with van der Waals surface area (Å²) in [4.78, 5) is 15.9. The van der Waals surface area contributed by atoms with Crippen LogP contribution in [-0.4, -0.2) is 35.1 Å². The summed E-state index contributed by atoms with van der Waals surface area (Å²) in [6, 6.07) is 0.516. The van der Waals surface area contributed by atoms with Crippen LogP contribution >= 0.6 is 23.1 Å². The van der Waals surface area contributed by atoms with Crippen LogP contribution < -0.4 is 5.32 Å². The topological polar surface area (TPSA) is 51.2 Å². The lowest BCUT2D eigenvalue weighted by molar-refractivity contribution is -0.142. The van der Waals surface area contributed by atoms with E-state index in [1.165, 1.54) is 25.7 Å². The minimum absolute atomic E-state index is 0.204. The van der Waals surface area contributed by atoms with Crippen molar-refractivity contribution in [3.05, 3.63) is 11.1 Å². The lowest BCUT2D eigenvalue weighted by atomic mass is 9.95. The van der Waals surface area contributed by atoms with Gasteiger partial charge in [-0.05, 0) is 32.4 Å². The molecule has 2 rings (SSSR count). The van der Waals surface area contributed by atoms with E-state index in [0.29, 0.717) is 12.6 Å². The Bertz CT molecular complexity index is 437. The number of carbonyl (C=O) groups excluding carboxylic acids is 1. The van der Waals surface area contributed by atoms with Gasteiger partial charge in [0.15, 0.2) is 5.13 Å². The number of thioether (sulfide) groups is 1. The summed E-state index contributed by atoms with van der Waals surface area (Å²) in [7, 11) is 0. The Morgan fingerprint density at radius 2 is 2.45 bits per heavy atom. The molecule has 0 bridgehead atoms. The van der Waals surface area contributed by atoms with Crippen LogP contribution in [-0.2, 0) is 16.0 Å². The van der Waals surface area contributed by atoms with Crippen LogP contribution in [0.3, 0.4) is 0 Å². The van der Waals surface area contributed by atoms with Gasteiger partial charge in [-0.2, -0.15) is 11.8 Å². The number of esters is 1. The number of thiazole rings is 1. The minimum Gasteiger partial charge on any atom is -0.466 e. The average molecular weight is 314 g/mol. The molecule has 1 aliphatic rings. The van der Waals surface area contributed by atoms with Gasteiger partial charge in [0.25, 0.3) is 0 Å². The van der Waals surface area contributed by atoms with Crippen LogP contribution in [0.5, 0.6) is 0 Å². The predicted molar refractivity (Wildman–Crippen MR) is 85.6 cm³/mol. The van der Waals surface area contributed by atoms with Gasteiger partial charge >= 0.3 is 5.97 Å². The first-order chi connectivity index (χ1) is 9.71. The minimum atomic E-state index is -0.204. The highest BCUT2D eigenvalue weighted by Gasteiger charge is 2.21. The summed E-state index contributed by atoms with van der Waals surface area (Å²) in [5.74, 6) is -0.204. The maximum atomic E-state index is 11.4. The summed E-state index contributed by atoms with van der Waals surface area (Å²) in [5, 5.41) is 7.14. The number of nitrogens with zero attached hydrogens (tertiary/aromatic N) is 1. The zero-order valence-corrected chi connectivity index (χ0v) is 13.7. The van der Waals surface area contributed by atoms with Gasteiger partial charge in [-0.1, -0.05) is 6.42 Å². The Morgan fingerprint density at radius 3 is 3.20 bits per heavy atom. The first-order valence-corrected chi connectivity index (χ1v) is 9.27. The largest absolute Gasteiger partial charge is 0.466 e. The van der Waals surface area contributed by atoms with Crippen molar-refractivity contribution in [2.24, 2.45) is 0 Å². The molecule has 0 saturated heterocycles. The standard InChI is InChI=1S/C14H22N2O2S2/c1-3-18-13(17)8-11-9-20-14(16-11)15-10-5-4-6-12(7-10)19-2/h9-10,12H,3-8H2,1-2H3,(H,15,16). The molecule has 1 saturated carbocycles. The lowest BCUT2D eigenvalue weighted by Crippen LogP contribution is -2.28. The van der Waals surface area contributed by atoms with E-state index in [9.17, 15) is 4.79 Å². The molecule has 0 spiro atoms. The third-order valence-electron chi connectivity index (χ3n) is 3.47. The van der Waals surface area contributed by atoms with E-state index in [2.05, 4.69) is 16.6 Å². The van der Waals surface area contributed by atoms with Gasteiger partial charge in [-0.3, -0.25) is 4.79 Å². The van der Waals surface area contributed by atoms with Gasteiger partial charge in [0.1, 0.15) is 0 Å². The number of carbonyl (C=O) groups is 1. The molecule has 2 atom stereocenters. The van der Waals surface area contributed by atoms with Gasteiger partial charge in [-0.25, -0.2) is 4.98 Å². The van der Waals surface area contributed by atoms with Gasteiger partial charge in [0.05, 0.1) is 18.7 Å². The molecular weight excluding hydrogens is 292 g/mol. The van der Waals surface area contributed by atoms with E-state index < -0.39 is 0 Å². The third-order valence-corrected chi connectivity index (χ3v) is 5.39. The van der Waals surface area contributed by atoms with Crippen LogP contribution in [0.2, 0.25) is 0 Å². The Labute approximate surface area is 128 Å². The van der Waals surface area contributed by atoms with E-state index in [1.54, 1.807) is 11.3 Å². The van der Waals surface area contributed by atoms with Crippen molar-refractivity contribution in [3.63, 3.8) is 0 Å². The van der Waals surface area contributed by atoms with Crippen molar-refractivity contribution in [1.29, 1.82) is 0 Å². The molecular formula is C14H22N2O2S2. The number of rotatable bonds is 6. The second-order valence-electron chi connectivity index (χ2n) is 4.99. The molecule has 1 aromatic heterocycles. The molecule has 20 heavy (non-hydrogen) atoms. The molecule has 6 heteroatoms. The molecule has 1 fully saturated rings. The maximum Gasteiger partial charge on any atom is 0.311 e. The van der Waals surface area contributed by atoms with Crippen molar-refractivity contribution >= 4 is 34.2 Å². The van der Waals surface area contributed by atoms with Crippen molar-refractivity contribution in [1.82, 2.24) is 4.98 Å². The van der Waals surface area contributed by atoms with Crippen molar-refractivity contribution in [2.75, 3.05) is 18.2 Å². The SMILES string of the molecule is CCOC(=O)Cc1csc(NC2CCCC(SC)C2)n1. The number of nitrogens with one attached hydrogen (secondary N) is 1. The molecule has 2 unspecified atom stereocenters. The molecule has 1 aliphatic carbocycles. The molecule has 0 radical (unpaired) electrons. The van der Waals surface area contributed by atoms with Gasteiger partial charge in [-0.15, -0.1) is 11.3 Å². The molecule has 0 aliphatic heterocycles. The molecule has 4 nitrogen and oxygen atoms in total. The highest BCUT2D eigenvalue weighted by Crippen LogP contribution is 2.29. The van der Waals surface area contributed by atoms with Crippen LogP contribution in [0.4, 0.5) is 5.13 Å². The van der Waals surface area contributed by atoms with E-state index in [4.69, 9.17) is 4.74 Å². The Hall–Kier alpha value is -0.750. The van der Waals surface area contributed by atoms with Crippen LogP contribution in [0, 0.1) is 0 Å². The highest BCUT2D eigenvalue weighted by atomic mass is 32.2. The highest BCUT2D eigenvalue weighted by molar-refractivity contribution is 7.99. The second kappa shape index (κ2) is 7.88. The van der Waals surface area contributed by atoms with Crippen molar-refractivity contribution < 1.29 is 9.53 Å². The van der Waals surface area contributed by atoms with E-state index in [1.807, 2.05) is 24.1 Å². The quantitative estimate of drug-likeness (QED) is 0.816. The van der Waals surface area contributed by atoms with Gasteiger partial charge in [0, 0.05) is 16.7 Å². The van der Waals surface area contributed by atoms with Crippen LogP contribution in [0.25, 0.3) is 0 Å². The Balaban J connectivity index is 1.84. The summed E-state index contributed by atoms with van der Waals surface area (Å²) < 4.78 is 4.94. The summed E-state index contributed by atoms with van der Waals surface area (Å²) in [5.41, 5.74) is 0.799. The fourth-order valence-electron chi connectivity index (χ4n) is 2.48. The maximum absolute atomic E-state index is 11.4. The summed E-state index contributed by atoms with van der Waals surface area (Å²) in [6.45, 7) is 2.24. The molecule has 1 heterocycles. The zero-order chi connectivity index (χ0) is 14.4. The monoisotopic (exact) mass is 314 g/mol. The predicted octanol–water partition coefficient (Wildman–Crippen LogP) is 3.33. The number of ether oxygens (including phenoxy) is 1. The number of hydrogen-bond donors (Lipinski definition) is 1. The molecule has 1 aromatic rings. The fourth-order valence-corrected chi connectivity index (χ4v) is 4.09. The summed E-state index contributed by atoms with van der Waals surface area (Å²) in [6.07, 6.45) is 7.48. The van der Waals surface area contributed by atoms with E-state index in [0.717, 1.165) is 16.1 Å². The van der Waals surface area contributed by atoms with Crippen molar-refractivity contribution in [2.45, 2.75) is 50.3 Å². The first kappa shape index (κ1) is 15.6. The van der Waals surface area contributed by atoms with E-state index in [-0.39, 0.29) is 12.4 Å². The smallest absolute Gasteiger partial charge is 0.311 e. The van der Waals surface area contributed by atoms with Gasteiger partial charge in [0.2, 0.25) is 0 Å². The molecule has 0 aromatic carbocycles. The average Bonchev–Trinajstić information content (AvgIpc) is 2.86. The van der Waals surface area contributed by atoms with Crippen LogP contribution in [0.15, 0.2) is 5.38 Å². The molecule has 0 amide bonds. The normalized spacial score (nSPS) is 22.5. The zero-order valence-electron chi connectivity index (χ0n) is 12.1. The van der Waals surface area contributed by atoms with Crippen molar-refractivity contribution in [3.8, 4) is 0 Å². The fraction of sp³-hybridized carbons (Fsp3) is 0.714. The Kier molecular flexibility index (Phi) is 6.16. The Morgan fingerprint density at radius 1 is 1.60 bits per heavy atom. The summed E-state index contributed by atoms with van der Waals surface area (Å²) >= 11 is 3.54. The molecule has 1 N–H and O–H groups in total.